The summed E-state index contributed by atoms with van der Waals surface area (Å²) in [6.07, 6.45) is 2.76. The number of fused-ring (bicyclic) bond motifs is 2. The molecule has 0 amide bonds. The van der Waals surface area contributed by atoms with Crippen molar-refractivity contribution in [3.63, 3.8) is 0 Å². The summed E-state index contributed by atoms with van der Waals surface area (Å²) in [5.74, 6) is -0.281. The van der Waals surface area contributed by atoms with Gasteiger partial charge in [-0.15, -0.1) is 0 Å². The van der Waals surface area contributed by atoms with E-state index in [0.29, 0.717) is 59.5 Å². The molecule has 4 heterocycles. The number of hydrogen-bond donors (Lipinski definition) is 2. The van der Waals surface area contributed by atoms with Crippen molar-refractivity contribution in [2.75, 3.05) is 13.2 Å². The maximum Gasteiger partial charge on any atom is 0.327 e. The van der Waals surface area contributed by atoms with Crippen LogP contribution >= 0.6 is 0 Å². The van der Waals surface area contributed by atoms with Crippen LogP contribution in [0, 0.1) is 5.82 Å². The van der Waals surface area contributed by atoms with E-state index in [9.17, 15) is 17.6 Å². The maximum atomic E-state index is 14.2. The van der Waals surface area contributed by atoms with E-state index in [1.165, 1.54) is 30.6 Å². The lowest BCUT2D eigenvalue weighted by atomic mass is 10.1. The zero-order chi connectivity index (χ0) is 28.2. The summed E-state index contributed by atoms with van der Waals surface area (Å²) in [5, 5.41) is 0. The van der Waals surface area contributed by atoms with Crippen LogP contribution in [0.25, 0.3) is 39.4 Å². The SMILES string of the molecule is CC(C)(C)NS(=O)(=O)c1cccc(-c2nc(-n3cnc4ccc(F)cc43)nc3c2[nH]c(=O)n3C2CCOCC2)c1. The van der Waals surface area contributed by atoms with Gasteiger partial charge in [-0.3, -0.25) is 9.13 Å². The Hall–Kier alpha value is -3.94. The molecule has 1 aliphatic heterocycles. The number of halogens is 1. The Morgan fingerprint density at radius 1 is 1.10 bits per heavy atom. The van der Waals surface area contributed by atoms with Gasteiger partial charge in [0.1, 0.15) is 23.4 Å². The van der Waals surface area contributed by atoms with Crippen molar-refractivity contribution in [2.24, 2.45) is 0 Å². The van der Waals surface area contributed by atoms with Crippen LogP contribution in [0.3, 0.4) is 0 Å². The largest absolute Gasteiger partial charge is 0.381 e. The first-order valence-corrected chi connectivity index (χ1v) is 14.4. The van der Waals surface area contributed by atoms with Gasteiger partial charge in [-0.2, -0.15) is 4.98 Å². The van der Waals surface area contributed by atoms with E-state index in [0.717, 1.165) is 0 Å². The van der Waals surface area contributed by atoms with Crippen LogP contribution in [0.1, 0.15) is 39.7 Å². The molecule has 0 spiro atoms. The predicted molar refractivity (Wildman–Crippen MR) is 147 cm³/mol. The van der Waals surface area contributed by atoms with E-state index in [4.69, 9.17) is 14.7 Å². The number of hydrogen-bond acceptors (Lipinski definition) is 7. The van der Waals surface area contributed by atoms with E-state index >= 15 is 0 Å². The Morgan fingerprint density at radius 2 is 1.88 bits per heavy atom. The standard InChI is InChI=1S/C27H28FN7O4S/c1-27(2,3)33-40(37,38)19-6-4-5-16(13-19)22-23-24(35(26(36)31-23)18-9-11-39-12-10-18)32-25(30-22)34-15-29-20-8-7-17(28)14-21(20)34/h4-8,13-15,18,33H,9-12H2,1-3H3,(H,31,36). The second-order valence-electron chi connectivity index (χ2n) is 10.8. The fourth-order valence-corrected chi connectivity index (χ4v) is 6.47. The molecule has 3 aromatic heterocycles. The molecular weight excluding hydrogens is 537 g/mol. The first-order chi connectivity index (χ1) is 19.0. The number of aromatic nitrogens is 6. The quantitative estimate of drug-likeness (QED) is 0.332. The van der Waals surface area contributed by atoms with E-state index < -0.39 is 21.4 Å². The fraction of sp³-hybridized carbons (Fsp3) is 0.333. The summed E-state index contributed by atoms with van der Waals surface area (Å²) in [6, 6.07) is 10.4. The molecule has 0 saturated carbocycles. The number of sulfonamides is 1. The summed E-state index contributed by atoms with van der Waals surface area (Å²) in [5.41, 5.74) is 1.47. The van der Waals surface area contributed by atoms with Gasteiger partial charge < -0.3 is 9.72 Å². The van der Waals surface area contributed by atoms with E-state index in [-0.39, 0.29) is 22.6 Å². The van der Waals surface area contributed by atoms with Gasteiger partial charge in [0, 0.05) is 36.4 Å². The average molecular weight is 566 g/mol. The molecule has 0 atom stereocenters. The highest BCUT2D eigenvalue weighted by molar-refractivity contribution is 7.89. The van der Waals surface area contributed by atoms with Crippen LogP contribution in [0.2, 0.25) is 0 Å². The highest BCUT2D eigenvalue weighted by Gasteiger charge is 2.26. The van der Waals surface area contributed by atoms with Crippen molar-refractivity contribution in [3.05, 3.63) is 65.1 Å². The van der Waals surface area contributed by atoms with Crippen LogP contribution < -0.4 is 10.4 Å². The fourth-order valence-electron chi connectivity index (χ4n) is 5.00. The van der Waals surface area contributed by atoms with Gasteiger partial charge >= 0.3 is 5.69 Å². The number of ether oxygens (including phenoxy) is 1. The van der Waals surface area contributed by atoms with Gasteiger partial charge in [-0.25, -0.2) is 32.3 Å². The number of benzene rings is 2. The molecule has 2 aromatic carbocycles. The van der Waals surface area contributed by atoms with Crippen molar-refractivity contribution >= 4 is 32.2 Å². The smallest absolute Gasteiger partial charge is 0.327 e. The predicted octanol–water partition coefficient (Wildman–Crippen LogP) is 3.69. The molecule has 11 nitrogen and oxygen atoms in total. The van der Waals surface area contributed by atoms with Crippen molar-refractivity contribution in [1.82, 2.24) is 33.8 Å². The Labute approximate surface area is 229 Å². The minimum atomic E-state index is -3.85. The molecule has 1 fully saturated rings. The lowest BCUT2D eigenvalue weighted by Gasteiger charge is -2.23. The second-order valence-corrected chi connectivity index (χ2v) is 12.5. The van der Waals surface area contributed by atoms with Gasteiger partial charge in [0.05, 0.1) is 15.9 Å². The number of imidazole rings is 2. The molecule has 0 bridgehead atoms. The Balaban J connectivity index is 1.60. The lowest BCUT2D eigenvalue weighted by Crippen LogP contribution is -2.40. The first-order valence-electron chi connectivity index (χ1n) is 12.9. The molecule has 5 aromatic rings. The van der Waals surface area contributed by atoms with Crippen molar-refractivity contribution in [1.29, 1.82) is 0 Å². The van der Waals surface area contributed by atoms with E-state index in [1.54, 1.807) is 48.1 Å². The lowest BCUT2D eigenvalue weighted by molar-refractivity contribution is 0.0697. The third-order valence-corrected chi connectivity index (χ3v) is 8.45. The molecular formula is C27H28FN7O4S. The third kappa shape index (κ3) is 4.80. The summed E-state index contributed by atoms with van der Waals surface area (Å²) in [4.78, 5) is 30.1. The van der Waals surface area contributed by atoms with Gasteiger partial charge in [0.25, 0.3) is 0 Å². The minimum absolute atomic E-state index is 0.0506. The van der Waals surface area contributed by atoms with Gasteiger partial charge in [0.15, 0.2) is 5.65 Å². The highest BCUT2D eigenvalue weighted by Crippen LogP contribution is 2.31. The summed E-state index contributed by atoms with van der Waals surface area (Å²) >= 11 is 0. The topological polar surface area (TPSA) is 137 Å². The molecule has 0 radical (unpaired) electrons. The molecule has 40 heavy (non-hydrogen) atoms. The Bertz CT molecular complexity index is 1920. The Kier molecular flexibility index (Phi) is 6.32. The van der Waals surface area contributed by atoms with Crippen LogP contribution in [-0.2, 0) is 14.8 Å². The average Bonchev–Trinajstić information content (AvgIpc) is 3.47. The number of nitrogens with one attached hydrogen (secondary N) is 2. The van der Waals surface area contributed by atoms with Crippen LogP contribution in [0.4, 0.5) is 4.39 Å². The molecule has 6 rings (SSSR count). The molecule has 13 heteroatoms. The molecule has 208 valence electrons. The molecule has 2 N–H and O–H groups in total. The number of nitrogens with zero attached hydrogens (tertiary/aromatic N) is 5. The normalized spacial score (nSPS) is 15.3. The van der Waals surface area contributed by atoms with Crippen LogP contribution in [0.5, 0.6) is 0 Å². The summed E-state index contributed by atoms with van der Waals surface area (Å²) < 4.78 is 51.7. The number of aromatic amines is 1. The molecule has 1 aliphatic rings. The van der Waals surface area contributed by atoms with E-state index in [2.05, 4.69) is 14.7 Å². The maximum absolute atomic E-state index is 14.2. The van der Waals surface area contributed by atoms with Gasteiger partial charge in [-0.1, -0.05) is 12.1 Å². The van der Waals surface area contributed by atoms with Crippen LogP contribution in [-0.4, -0.2) is 56.2 Å². The molecule has 0 aliphatic carbocycles. The van der Waals surface area contributed by atoms with Crippen molar-refractivity contribution < 1.29 is 17.5 Å². The summed E-state index contributed by atoms with van der Waals surface area (Å²) in [6.45, 7) is 6.31. The van der Waals surface area contributed by atoms with Gasteiger partial charge in [0.2, 0.25) is 16.0 Å². The Morgan fingerprint density at radius 3 is 2.62 bits per heavy atom. The zero-order valence-electron chi connectivity index (χ0n) is 22.2. The zero-order valence-corrected chi connectivity index (χ0v) is 23.0. The first kappa shape index (κ1) is 26.3. The van der Waals surface area contributed by atoms with Crippen molar-refractivity contribution in [3.8, 4) is 17.2 Å². The van der Waals surface area contributed by atoms with Crippen LogP contribution in [0.15, 0.2) is 58.5 Å². The monoisotopic (exact) mass is 565 g/mol. The van der Waals surface area contributed by atoms with E-state index in [1.807, 2.05) is 0 Å². The molecule has 0 unspecified atom stereocenters. The van der Waals surface area contributed by atoms with Gasteiger partial charge in [-0.05, 0) is 57.9 Å². The third-order valence-electron chi connectivity index (χ3n) is 6.70. The second kappa shape index (κ2) is 9.61. The highest BCUT2D eigenvalue weighted by atomic mass is 32.2. The van der Waals surface area contributed by atoms with Crippen molar-refractivity contribution in [2.45, 2.75) is 50.1 Å². The number of H-pyrrole nitrogens is 1. The molecule has 1 saturated heterocycles. The minimum Gasteiger partial charge on any atom is -0.381 e. The summed E-state index contributed by atoms with van der Waals surface area (Å²) in [7, 11) is -3.85. The number of rotatable bonds is 5.